The Balaban J connectivity index is 0.00000193. The second-order valence-corrected chi connectivity index (χ2v) is 8.06. The Morgan fingerprint density at radius 2 is 1.97 bits per heavy atom. The summed E-state index contributed by atoms with van der Waals surface area (Å²) in [5.41, 5.74) is 8.55. The molecule has 1 aliphatic rings. The van der Waals surface area contributed by atoms with Gasteiger partial charge in [0, 0.05) is 35.9 Å². The number of rotatable bonds is 8. The summed E-state index contributed by atoms with van der Waals surface area (Å²) < 4.78 is 0. The van der Waals surface area contributed by atoms with Gasteiger partial charge in [0.25, 0.3) is 0 Å². The number of unbranched alkanes of at least 4 members (excludes halogenated alkanes) is 2. The molecule has 1 aromatic heterocycles. The summed E-state index contributed by atoms with van der Waals surface area (Å²) in [5.74, 6) is 1.44. The molecule has 0 spiro atoms. The van der Waals surface area contributed by atoms with Crippen LogP contribution in [0.5, 0.6) is 0 Å². The summed E-state index contributed by atoms with van der Waals surface area (Å²) >= 11 is 0. The van der Waals surface area contributed by atoms with Gasteiger partial charge in [-0.1, -0.05) is 31.9 Å². The van der Waals surface area contributed by atoms with Gasteiger partial charge in [-0.25, -0.2) is 4.98 Å². The van der Waals surface area contributed by atoms with E-state index in [0.717, 1.165) is 42.8 Å². The van der Waals surface area contributed by atoms with Crippen molar-refractivity contribution in [2.24, 2.45) is 0 Å². The Morgan fingerprint density at radius 1 is 1.15 bits per heavy atom. The van der Waals surface area contributed by atoms with Gasteiger partial charge in [0.05, 0.1) is 17.1 Å². The van der Waals surface area contributed by atoms with Crippen LogP contribution in [0.15, 0.2) is 42.5 Å². The Kier molecular flexibility index (Phi) is 9.98. The van der Waals surface area contributed by atoms with Crippen molar-refractivity contribution >= 4 is 58.9 Å². The Labute approximate surface area is 207 Å². The number of fused-ring (bicyclic) bond motifs is 1. The number of aromatic nitrogens is 2. The number of nitrogen functional groups attached to an aromatic ring is 1. The van der Waals surface area contributed by atoms with E-state index in [1.165, 1.54) is 19.3 Å². The molecule has 0 aliphatic carbocycles. The van der Waals surface area contributed by atoms with Crippen LogP contribution in [0, 0.1) is 11.3 Å². The number of halogens is 2. The lowest BCUT2D eigenvalue weighted by Crippen LogP contribution is -2.33. The molecule has 9 heteroatoms. The summed E-state index contributed by atoms with van der Waals surface area (Å²) in [6.45, 7) is 5.20. The molecule has 0 bridgehead atoms. The Hall–Kier alpha value is -2.79. The highest BCUT2D eigenvalue weighted by Gasteiger charge is 2.25. The largest absolute Gasteiger partial charge is 0.399 e. The van der Waals surface area contributed by atoms with Crippen LogP contribution < -0.4 is 21.3 Å². The number of para-hydroxylation sites is 1. The number of hydrogen-bond donors (Lipinski definition) is 3. The van der Waals surface area contributed by atoms with Crippen LogP contribution in [0.25, 0.3) is 10.9 Å². The molecule has 2 aromatic carbocycles. The molecule has 3 aromatic rings. The number of nitrogens with two attached hydrogens (primary N) is 1. The molecule has 176 valence electrons. The summed E-state index contributed by atoms with van der Waals surface area (Å²) in [6, 6.07) is 15.9. The number of nitriles is 1. The highest BCUT2D eigenvalue weighted by atomic mass is 35.5. The Bertz CT molecular complexity index is 1100. The van der Waals surface area contributed by atoms with E-state index in [0.29, 0.717) is 28.9 Å². The minimum Gasteiger partial charge on any atom is -0.399 e. The summed E-state index contributed by atoms with van der Waals surface area (Å²) in [4.78, 5) is 11.9. The zero-order valence-corrected chi connectivity index (χ0v) is 20.4. The second kappa shape index (κ2) is 12.4. The van der Waals surface area contributed by atoms with Gasteiger partial charge < -0.3 is 21.3 Å². The molecule has 0 unspecified atom stereocenters. The molecule has 1 aliphatic heterocycles. The first-order valence-corrected chi connectivity index (χ1v) is 11.0. The first-order chi connectivity index (χ1) is 15.2. The molecule has 1 atom stereocenters. The van der Waals surface area contributed by atoms with Crippen molar-refractivity contribution < 1.29 is 0 Å². The second-order valence-electron chi connectivity index (χ2n) is 8.06. The number of nitrogens with one attached hydrogen (secondary N) is 2. The lowest BCUT2D eigenvalue weighted by atomic mass is 10.2. The van der Waals surface area contributed by atoms with Gasteiger partial charge in [0.1, 0.15) is 5.82 Å². The van der Waals surface area contributed by atoms with Crippen molar-refractivity contribution in [1.82, 2.24) is 15.3 Å². The maximum atomic E-state index is 9.22. The monoisotopic (exact) mass is 487 g/mol. The van der Waals surface area contributed by atoms with Crippen LogP contribution >= 0.6 is 24.8 Å². The third-order valence-electron chi connectivity index (χ3n) is 5.62. The van der Waals surface area contributed by atoms with E-state index in [4.69, 9.17) is 10.7 Å². The number of anilines is 4. The summed E-state index contributed by atoms with van der Waals surface area (Å²) in [7, 11) is 0. The molecule has 1 fully saturated rings. The third kappa shape index (κ3) is 6.61. The smallest absolute Gasteiger partial charge is 0.229 e. The average Bonchev–Trinajstić information content (AvgIpc) is 3.24. The molecule has 0 saturated carbocycles. The number of hydrogen-bond acceptors (Lipinski definition) is 7. The van der Waals surface area contributed by atoms with Gasteiger partial charge in [-0.05, 0) is 49.7 Å². The van der Waals surface area contributed by atoms with Gasteiger partial charge >= 0.3 is 0 Å². The first-order valence-electron chi connectivity index (χ1n) is 11.0. The lowest BCUT2D eigenvalue weighted by molar-refractivity contribution is 0.527. The first kappa shape index (κ1) is 26.5. The van der Waals surface area contributed by atoms with Crippen LogP contribution in [0.4, 0.5) is 23.1 Å². The quantitative estimate of drug-likeness (QED) is 0.302. The number of nitrogens with zero attached hydrogens (tertiary/aromatic N) is 4. The molecule has 1 saturated heterocycles. The molecule has 2 heterocycles. The standard InChI is InChI=1S/C24H29N7.2ClH/c1-2-3-6-10-27-19-9-11-31(16-19)23-21-7-4-5-8-22(21)29-24(30-23)28-20-13-17(15-25)12-18(26)14-20;;/h4-5,7-8,12-14,19,27H,2-3,6,9-11,16,26H2,1H3,(H,28,29,30);2*1H/t19-;;/m0../s1. The fourth-order valence-corrected chi connectivity index (χ4v) is 4.07. The maximum absolute atomic E-state index is 9.22. The predicted molar refractivity (Wildman–Crippen MR) is 141 cm³/mol. The van der Waals surface area contributed by atoms with Gasteiger partial charge in [-0.3, -0.25) is 0 Å². The van der Waals surface area contributed by atoms with Crippen LogP contribution in [-0.4, -0.2) is 35.6 Å². The summed E-state index contributed by atoms with van der Waals surface area (Å²) in [5, 5.41) is 17.2. The van der Waals surface area contributed by atoms with E-state index >= 15 is 0 Å². The number of benzene rings is 2. The van der Waals surface area contributed by atoms with Crippen molar-refractivity contribution in [3.05, 3.63) is 48.0 Å². The highest BCUT2D eigenvalue weighted by molar-refractivity contribution is 5.91. The van der Waals surface area contributed by atoms with Crippen LogP contribution in [0.1, 0.15) is 38.2 Å². The molecule has 0 radical (unpaired) electrons. The molecule has 33 heavy (non-hydrogen) atoms. The molecular weight excluding hydrogens is 457 g/mol. The van der Waals surface area contributed by atoms with E-state index in [9.17, 15) is 5.26 Å². The average molecular weight is 488 g/mol. The predicted octanol–water partition coefficient (Wildman–Crippen LogP) is 5.03. The highest BCUT2D eigenvalue weighted by Crippen LogP contribution is 2.29. The SMILES string of the molecule is CCCCCN[C@H]1CCN(c2nc(Nc3cc(N)cc(C#N)c3)nc3ccccc23)C1.Cl.Cl. The van der Waals surface area contributed by atoms with E-state index < -0.39 is 0 Å². The fraction of sp³-hybridized carbons (Fsp3) is 0.375. The van der Waals surface area contributed by atoms with Gasteiger partial charge in [0.15, 0.2) is 0 Å². The maximum Gasteiger partial charge on any atom is 0.229 e. The van der Waals surface area contributed by atoms with E-state index in [2.05, 4.69) is 39.6 Å². The van der Waals surface area contributed by atoms with Crippen molar-refractivity contribution in [2.45, 2.75) is 38.6 Å². The third-order valence-corrected chi connectivity index (χ3v) is 5.62. The van der Waals surface area contributed by atoms with E-state index in [1.807, 2.05) is 18.2 Å². The van der Waals surface area contributed by atoms with Crippen LogP contribution in [0.3, 0.4) is 0 Å². The van der Waals surface area contributed by atoms with Gasteiger partial charge in [0.2, 0.25) is 5.95 Å². The van der Waals surface area contributed by atoms with Crippen LogP contribution in [-0.2, 0) is 0 Å². The molecular formula is C24H31Cl2N7. The van der Waals surface area contributed by atoms with Crippen molar-refractivity contribution in [1.29, 1.82) is 5.26 Å². The minimum absolute atomic E-state index is 0. The summed E-state index contributed by atoms with van der Waals surface area (Å²) in [6.07, 6.45) is 4.84. The zero-order valence-electron chi connectivity index (χ0n) is 18.8. The van der Waals surface area contributed by atoms with Gasteiger partial charge in [-0.15, -0.1) is 24.8 Å². The molecule has 4 rings (SSSR count). The van der Waals surface area contributed by atoms with E-state index in [-0.39, 0.29) is 24.8 Å². The van der Waals surface area contributed by atoms with Crippen molar-refractivity contribution in [3.8, 4) is 6.07 Å². The van der Waals surface area contributed by atoms with Crippen LogP contribution in [0.2, 0.25) is 0 Å². The van der Waals surface area contributed by atoms with Gasteiger partial charge in [-0.2, -0.15) is 10.2 Å². The minimum atomic E-state index is 0. The van der Waals surface area contributed by atoms with Crippen molar-refractivity contribution in [2.75, 3.05) is 35.6 Å². The lowest BCUT2D eigenvalue weighted by Gasteiger charge is -2.21. The Morgan fingerprint density at radius 3 is 2.76 bits per heavy atom. The molecule has 4 N–H and O–H groups in total. The molecule has 0 amide bonds. The van der Waals surface area contributed by atoms with Crippen molar-refractivity contribution in [3.63, 3.8) is 0 Å². The normalized spacial score (nSPS) is 14.9. The molecule has 7 nitrogen and oxygen atoms in total. The van der Waals surface area contributed by atoms with E-state index in [1.54, 1.807) is 18.2 Å². The fourth-order valence-electron chi connectivity index (χ4n) is 4.07. The topological polar surface area (TPSA) is 103 Å². The zero-order chi connectivity index (χ0) is 21.6.